The molecule has 84 valence electrons. The Labute approximate surface area is 105 Å². The highest BCUT2D eigenvalue weighted by molar-refractivity contribution is 6.41. The van der Waals surface area contributed by atoms with Crippen molar-refractivity contribution in [1.29, 1.82) is 0 Å². The fourth-order valence-electron chi connectivity index (χ4n) is 1.17. The first kappa shape index (κ1) is 12.8. The lowest BCUT2D eigenvalue weighted by Gasteiger charge is -2.27. The lowest BCUT2D eigenvalue weighted by Crippen LogP contribution is -2.46. The van der Waals surface area contributed by atoms with Crippen LogP contribution in [-0.4, -0.2) is 24.2 Å². The van der Waals surface area contributed by atoms with E-state index in [2.05, 4.69) is 10.3 Å². The minimum absolute atomic E-state index is 0. The Kier molecular flexibility index (Phi) is 4.93. The fraction of sp³-hybridized carbons (Fsp3) is 0.444. The van der Waals surface area contributed by atoms with Crippen LogP contribution < -0.4 is 10.1 Å². The van der Waals surface area contributed by atoms with Gasteiger partial charge in [-0.05, 0) is 13.0 Å². The zero-order chi connectivity index (χ0) is 9.97. The molecule has 0 bridgehead atoms. The summed E-state index contributed by atoms with van der Waals surface area (Å²) in [7, 11) is 0. The molecule has 0 saturated carbocycles. The summed E-state index contributed by atoms with van der Waals surface area (Å²) in [6.45, 7) is 1.73. The molecule has 1 atom stereocenters. The maximum absolute atomic E-state index is 5.79. The predicted octanol–water partition coefficient (Wildman–Crippen LogP) is 2.55. The van der Waals surface area contributed by atoms with Gasteiger partial charge in [-0.2, -0.15) is 0 Å². The van der Waals surface area contributed by atoms with Crippen molar-refractivity contribution in [2.24, 2.45) is 0 Å². The molecule has 1 aliphatic rings. The summed E-state index contributed by atoms with van der Waals surface area (Å²) in [5.74, 6) is 0.660. The number of halogens is 3. The molecule has 15 heavy (non-hydrogen) atoms. The molecule has 1 saturated heterocycles. The van der Waals surface area contributed by atoms with Crippen LogP contribution in [0.15, 0.2) is 12.3 Å². The van der Waals surface area contributed by atoms with E-state index in [0.717, 1.165) is 13.0 Å². The predicted molar refractivity (Wildman–Crippen MR) is 63.4 cm³/mol. The van der Waals surface area contributed by atoms with E-state index in [1.807, 2.05) is 0 Å². The minimum atomic E-state index is 0. The van der Waals surface area contributed by atoms with E-state index in [1.54, 1.807) is 12.3 Å². The third-order valence-electron chi connectivity index (χ3n) is 2.15. The van der Waals surface area contributed by atoms with Gasteiger partial charge in [-0.15, -0.1) is 12.4 Å². The number of rotatable bonds is 3. The summed E-state index contributed by atoms with van der Waals surface area (Å²) in [5.41, 5.74) is 0. The second kappa shape index (κ2) is 5.75. The van der Waals surface area contributed by atoms with E-state index < -0.39 is 0 Å². The summed E-state index contributed by atoms with van der Waals surface area (Å²) >= 11 is 11.5. The van der Waals surface area contributed by atoms with Crippen LogP contribution in [-0.2, 0) is 0 Å². The molecule has 0 unspecified atom stereocenters. The number of nitrogens with one attached hydrogen (secondary N) is 1. The van der Waals surface area contributed by atoms with Gasteiger partial charge in [0.1, 0.15) is 17.5 Å². The molecule has 0 aromatic carbocycles. The van der Waals surface area contributed by atoms with E-state index >= 15 is 0 Å². The normalized spacial score (nSPS) is 18.9. The molecular weight excluding hydrogens is 258 g/mol. The van der Waals surface area contributed by atoms with Gasteiger partial charge in [0.25, 0.3) is 0 Å². The molecule has 6 heteroatoms. The Bertz CT molecular complexity index is 331. The standard InChI is InChI=1S/C9H10Cl2N2O.ClH/c10-8-3-7(4-13-9(8)11)14-5-6-1-2-12-6;/h3-4,6,12H,1-2,5H2;1H/t6-;/m1./s1. The smallest absolute Gasteiger partial charge is 0.147 e. The zero-order valence-electron chi connectivity index (χ0n) is 7.87. The molecule has 0 spiro atoms. The Balaban J connectivity index is 0.00000112. The van der Waals surface area contributed by atoms with Crippen LogP contribution in [0.3, 0.4) is 0 Å². The van der Waals surface area contributed by atoms with Crippen LogP contribution in [0.1, 0.15) is 6.42 Å². The third-order valence-corrected chi connectivity index (χ3v) is 2.83. The molecule has 1 fully saturated rings. The van der Waals surface area contributed by atoms with Crippen LogP contribution in [0.4, 0.5) is 0 Å². The Morgan fingerprint density at radius 2 is 2.27 bits per heavy atom. The van der Waals surface area contributed by atoms with Crippen LogP contribution >= 0.6 is 35.6 Å². The third kappa shape index (κ3) is 3.38. The Hall–Kier alpha value is -0.220. The summed E-state index contributed by atoms with van der Waals surface area (Å²) in [5, 5.41) is 3.97. The fourth-order valence-corrected chi connectivity index (χ4v) is 1.43. The quantitative estimate of drug-likeness (QED) is 0.856. The average Bonchev–Trinajstić information content (AvgIpc) is 2.08. The van der Waals surface area contributed by atoms with Gasteiger partial charge < -0.3 is 10.1 Å². The maximum Gasteiger partial charge on any atom is 0.147 e. The van der Waals surface area contributed by atoms with E-state index in [1.165, 1.54) is 0 Å². The van der Waals surface area contributed by atoms with Crippen molar-refractivity contribution in [3.63, 3.8) is 0 Å². The minimum Gasteiger partial charge on any atom is -0.490 e. The summed E-state index contributed by atoms with van der Waals surface area (Å²) in [6, 6.07) is 2.14. The number of nitrogens with zero attached hydrogens (tertiary/aromatic N) is 1. The number of aromatic nitrogens is 1. The molecule has 0 amide bonds. The Morgan fingerprint density at radius 3 is 2.80 bits per heavy atom. The molecular formula is C9H11Cl3N2O. The van der Waals surface area contributed by atoms with Crippen molar-refractivity contribution in [2.75, 3.05) is 13.2 Å². The van der Waals surface area contributed by atoms with Crippen molar-refractivity contribution in [3.05, 3.63) is 22.4 Å². The molecule has 2 rings (SSSR count). The van der Waals surface area contributed by atoms with E-state index in [4.69, 9.17) is 27.9 Å². The van der Waals surface area contributed by atoms with Crippen molar-refractivity contribution in [3.8, 4) is 5.75 Å². The van der Waals surface area contributed by atoms with Gasteiger partial charge in [-0.3, -0.25) is 0 Å². The molecule has 1 aliphatic heterocycles. The lowest BCUT2D eigenvalue weighted by atomic mass is 10.1. The summed E-state index contributed by atoms with van der Waals surface area (Å²) < 4.78 is 5.48. The molecule has 1 aromatic rings. The first-order chi connectivity index (χ1) is 6.75. The second-order valence-electron chi connectivity index (χ2n) is 3.19. The van der Waals surface area contributed by atoms with Crippen molar-refractivity contribution >= 4 is 35.6 Å². The number of hydrogen-bond acceptors (Lipinski definition) is 3. The maximum atomic E-state index is 5.79. The van der Waals surface area contributed by atoms with E-state index in [0.29, 0.717) is 28.6 Å². The van der Waals surface area contributed by atoms with E-state index in [-0.39, 0.29) is 12.4 Å². The van der Waals surface area contributed by atoms with Crippen LogP contribution in [0, 0.1) is 0 Å². The number of pyridine rings is 1. The van der Waals surface area contributed by atoms with Gasteiger partial charge in [0.05, 0.1) is 11.2 Å². The SMILES string of the molecule is Cl.Clc1cc(OC[C@H]2CCN2)cnc1Cl. The average molecular weight is 270 g/mol. The van der Waals surface area contributed by atoms with Gasteiger partial charge >= 0.3 is 0 Å². The first-order valence-electron chi connectivity index (χ1n) is 4.43. The zero-order valence-corrected chi connectivity index (χ0v) is 10.2. The molecule has 3 nitrogen and oxygen atoms in total. The van der Waals surface area contributed by atoms with Gasteiger partial charge in [0, 0.05) is 12.1 Å². The van der Waals surface area contributed by atoms with E-state index in [9.17, 15) is 0 Å². The highest BCUT2D eigenvalue weighted by atomic mass is 35.5. The van der Waals surface area contributed by atoms with Crippen LogP contribution in [0.5, 0.6) is 5.75 Å². The van der Waals surface area contributed by atoms with Gasteiger partial charge in [0.2, 0.25) is 0 Å². The number of ether oxygens (including phenoxy) is 1. The Morgan fingerprint density at radius 1 is 1.53 bits per heavy atom. The van der Waals surface area contributed by atoms with Crippen molar-refractivity contribution < 1.29 is 4.74 Å². The lowest BCUT2D eigenvalue weighted by molar-refractivity contribution is 0.217. The van der Waals surface area contributed by atoms with Crippen LogP contribution in [0.2, 0.25) is 10.2 Å². The molecule has 2 heterocycles. The highest BCUT2D eigenvalue weighted by Gasteiger charge is 2.16. The monoisotopic (exact) mass is 268 g/mol. The molecule has 0 radical (unpaired) electrons. The van der Waals surface area contributed by atoms with Crippen molar-refractivity contribution in [1.82, 2.24) is 10.3 Å². The number of hydrogen-bond donors (Lipinski definition) is 1. The molecule has 1 N–H and O–H groups in total. The molecule has 1 aromatic heterocycles. The second-order valence-corrected chi connectivity index (χ2v) is 3.96. The van der Waals surface area contributed by atoms with Gasteiger partial charge in [-0.1, -0.05) is 23.2 Å². The molecule has 0 aliphatic carbocycles. The topological polar surface area (TPSA) is 34.1 Å². The van der Waals surface area contributed by atoms with Gasteiger partial charge in [0.15, 0.2) is 0 Å². The van der Waals surface area contributed by atoms with Crippen LogP contribution in [0.25, 0.3) is 0 Å². The highest BCUT2D eigenvalue weighted by Crippen LogP contribution is 2.23. The summed E-state index contributed by atoms with van der Waals surface area (Å²) in [4.78, 5) is 3.89. The first-order valence-corrected chi connectivity index (χ1v) is 5.18. The van der Waals surface area contributed by atoms with Crippen molar-refractivity contribution in [2.45, 2.75) is 12.5 Å². The largest absolute Gasteiger partial charge is 0.490 e. The van der Waals surface area contributed by atoms with Gasteiger partial charge in [-0.25, -0.2) is 4.98 Å². The summed E-state index contributed by atoms with van der Waals surface area (Å²) in [6.07, 6.45) is 2.74.